The molecule has 2 rings (SSSR count). The zero-order valence-corrected chi connectivity index (χ0v) is 12.3. The van der Waals surface area contributed by atoms with Crippen molar-refractivity contribution in [3.05, 3.63) is 71.6 Å². The molecule has 0 fully saturated rings. The standard InChI is InChI=1S/C19H24O/c1-2-3-10-18(16-11-6-4-7-12-16)15-19(20)17-13-8-5-9-14-17/h2-3,5-6,8,10-12,15,17,20H,4,7,9,13-14H2,1H3/b3-2?,18-10+,19-15-. The predicted molar refractivity (Wildman–Crippen MR) is 86.5 cm³/mol. The van der Waals surface area contributed by atoms with Crippen LogP contribution >= 0.6 is 0 Å². The highest BCUT2D eigenvalue weighted by molar-refractivity contribution is 5.49. The van der Waals surface area contributed by atoms with E-state index in [0.717, 1.165) is 37.7 Å². The van der Waals surface area contributed by atoms with E-state index in [1.54, 1.807) is 0 Å². The van der Waals surface area contributed by atoms with E-state index < -0.39 is 0 Å². The molecule has 0 amide bonds. The summed E-state index contributed by atoms with van der Waals surface area (Å²) in [4.78, 5) is 0. The van der Waals surface area contributed by atoms with Gasteiger partial charge in [0.05, 0.1) is 5.76 Å². The van der Waals surface area contributed by atoms with Crippen LogP contribution in [0.15, 0.2) is 71.6 Å². The monoisotopic (exact) mass is 268 g/mol. The molecule has 1 N–H and O–H groups in total. The van der Waals surface area contributed by atoms with Crippen LogP contribution in [-0.2, 0) is 0 Å². The average molecular weight is 268 g/mol. The first-order valence-corrected chi connectivity index (χ1v) is 7.57. The summed E-state index contributed by atoms with van der Waals surface area (Å²) >= 11 is 0. The summed E-state index contributed by atoms with van der Waals surface area (Å²) in [6.45, 7) is 2.01. The molecule has 2 aliphatic carbocycles. The minimum absolute atomic E-state index is 0.280. The second-order valence-corrected chi connectivity index (χ2v) is 5.34. The van der Waals surface area contributed by atoms with Crippen molar-refractivity contribution < 1.29 is 5.11 Å². The fraction of sp³-hybridized carbons (Fsp3) is 0.368. The second-order valence-electron chi connectivity index (χ2n) is 5.34. The minimum Gasteiger partial charge on any atom is -0.512 e. The highest BCUT2D eigenvalue weighted by Gasteiger charge is 2.15. The van der Waals surface area contributed by atoms with E-state index in [9.17, 15) is 5.11 Å². The van der Waals surface area contributed by atoms with E-state index in [2.05, 4.69) is 36.5 Å². The van der Waals surface area contributed by atoms with Crippen LogP contribution in [0.2, 0.25) is 0 Å². The Labute approximate surface area is 122 Å². The molecular weight excluding hydrogens is 244 g/mol. The van der Waals surface area contributed by atoms with Gasteiger partial charge in [-0.1, -0.05) is 48.6 Å². The lowest BCUT2D eigenvalue weighted by molar-refractivity contribution is 0.316. The van der Waals surface area contributed by atoms with Crippen molar-refractivity contribution in [3.63, 3.8) is 0 Å². The summed E-state index contributed by atoms with van der Waals surface area (Å²) in [5.74, 6) is 0.798. The summed E-state index contributed by atoms with van der Waals surface area (Å²) in [6, 6.07) is 0. The van der Waals surface area contributed by atoms with Crippen LogP contribution in [0.25, 0.3) is 0 Å². The molecule has 0 radical (unpaired) electrons. The molecule has 0 heterocycles. The summed E-state index contributed by atoms with van der Waals surface area (Å²) in [6.07, 6.45) is 24.3. The van der Waals surface area contributed by atoms with Crippen LogP contribution in [0, 0.1) is 5.92 Å². The van der Waals surface area contributed by atoms with E-state index in [4.69, 9.17) is 0 Å². The second kappa shape index (κ2) is 7.74. The molecule has 0 saturated heterocycles. The molecule has 1 heteroatoms. The maximum Gasteiger partial charge on any atom is 0.0962 e. The Morgan fingerprint density at radius 1 is 1.20 bits per heavy atom. The van der Waals surface area contributed by atoms with Crippen molar-refractivity contribution in [2.45, 2.75) is 39.0 Å². The average Bonchev–Trinajstić information content (AvgIpc) is 2.53. The zero-order chi connectivity index (χ0) is 14.2. The van der Waals surface area contributed by atoms with E-state index >= 15 is 0 Å². The Morgan fingerprint density at radius 2 is 2.10 bits per heavy atom. The van der Waals surface area contributed by atoms with Gasteiger partial charge in [-0.05, 0) is 56.3 Å². The molecule has 0 aromatic rings. The SMILES string of the molecule is CC=C/C=C(\C=C(/O)C1CC=CCC1)C1=CCCC=C1. The largest absolute Gasteiger partial charge is 0.512 e. The quantitative estimate of drug-likeness (QED) is 0.402. The first kappa shape index (κ1) is 14.6. The van der Waals surface area contributed by atoms with Crippen molar-refractivity contribution in [1.82, 2.24) is 0 Å². The summed E-state index contributed by atoms with van der Waals surface area (Å²) < 4.78 is 0. The van der Waals surface area contributed by atoms with Gasteiger partial charge in [0.2, 0.25) is 0 Å². The fourth-order valence-corrected chi connectivity index (χ4v) is 2.59. The number of aliphatic hydroxyl groups excluding tert-OH is 1. The van der Waals surface area contributed by atoms with Crippen molar-refractivity contribution in [2.24, 2.45) is 5.92 Å². The van der Waals surface area contributed by atoms with Crippen LogP contribution in [0.1, 0.15) is 39.0 Å². The third-order valence-electron chi connectivity index (χ3n) is 3.79. The van der Waals surface area contributed by atoms with E-state index in [1.165, 1.54) is 5.57 Å². The lowest BCUT2D eigenvalue weighted by atomic mass is 9.90. The van der Waals surface area contributed by atoms with Gasteiger partial charge in [0, 0.05) is 5.92 Å². The Hall–Kier alpha value is -1.76. The molecule has 0 spiro atoms. The molecule has 20 heavy (non-hydrogen) atoms. The van der Waals surface area contributed by atoms with Crippen LogP contribution in [0.4, 0.5) is 0 Å². The third-order valence-corrected chi connectivity index (χ3v) is 3.79. The first-order chi connectivity index (χ1) is 9.81. The van der Waals surface area contributed by atoms with E-state index in [1.807, 2.05) is 25.2 Å². The number of hydrogen-bond acceptors (Lipinski definition) is 1. The minimum atomic E-state index is 0.280. The highest BCUT2D eigenvalue weighted by Crippen LogP contribution is 2.27. The number of rotatable bonds is 4. The molecular formula is C19H24O. The maximum atomic E-state index is 10.4. The fourth-order valence-electron chi connectivity index (χ4n) is 2.59. The third kappa shape index (κ3) is 4.12. The Bertz CT molecular complexity index is 498. The van der Waals surface area contributed by atoms with Crippen molar-refractivity contribution >= 4 is 0 Å². The molecule has 1 atom stereocenters. The van der Waals surface area contributed by atoms with Crippen LogP contribution in [0.5, 0.6) is 0 Å². The number of aliphatic hydroxyl groups is 1. The normalized spacial score (nSPS) is 24.2. The molecule has 0 aliphatic heterocycles. The van der Waals surface area contributed by atoms with Gasteiger partial charge in [0.15, 0.2) is 0 Å². The van der Waals surface area contributed by atoms with Gasteiger partial charge in [-0.3, -0.25) is 0 Å². The van der Waals surface area contributed by atoms with Crippen LogP contribution in [-0.4, -0.2) is 5.11 Å². The van der Waals surface area contributed by atoms with Gasteiger partial charge in [-0.25, -0.2) is 0 Å². The van der Waals surface area contributed by atoms with Gasteiger partial charge in [0.1, 0.15) is 0 Å². The Morgan fingerprint density at radius 3 is 2.75 bits per heavy atom. The van der Waals surface area contributed by atoms with Crippen molar-refractivity contribution in [1.29, 1.82) is 0 Å². The van der Waals surface area contributed by atoms with Gasteiger partial charge >= 0.3 is 0 Å². The van der Waals surface area contributed by atoms with E-state index in [-0.39, 0.29) is 5.92 Å². The zero-order valence-electron chi connectivity index (χ0n) is 12.3. The predicted octanol–water partition coefficient (Wildman–Crippen LogP) is 5.56. The van der Waals surface area contributed by atoms with Gasteiger partial charge in [0.25, 0.3) is 0 Å². The number of hydrogen-bond donors (Lipinski definition) is 1. The summed E-state index contributed by atoms with van der Waals surface area (Å²) in [5.41, 5.74) is 2.32. The van der Waals surface area contributed by atoms with Gasteiger partial charge < -0.3 is 5.11 Å². The van der Waals surface area contributed by atoms with Crippen LogP contribution in [0.3, 0.4) is 0 Å². The molecule has 0 bridgehead atoms. The Balaban J connectivity index is 2.20. The summed E-state index contributed by atoms with van der Waals surface area (Å²) in [7, 11) is 0. The van der Waals surface area contributed by atoms with Gasteiger partial charge in [-0.2, -0.15) is 0 Å². The lowest BCUT2D eigenvalue weighted by Gasteiger charge is -2.18. The number of allylic oxidation sites excluding steroid dienone is 12. The Kier molecular flexibility index (Phi) is 5.67. The van der Waals surface area contributed by atoms with Crippen molar-refractivity contribution in [3.8, 4) is 0 Å². The van der Waals surface area contributed by atoms with Crippen molar-refractivity contribution in [2.75, 3.05) is 0 Å². The topological polar surface area (TPSA) is 20.2 Å². The molecule has 1 nitrogen and oxygen atoms in total. The molecule has 2 aliphatic rings. The smallest absolute Gasteiger partial charge is 0.0962 e. The first-order valence-electron chi connectivity index (χ1n) is 7.57. The molecule has 0 saturated carbocycles. The van der Waals surface area contributed by atoms with Gasteiger partial charge in [-0.15, -0.1) is 0 Å². The van der Waals surface area contributed by atoms with E-state index in [0.29, 0.717) is 5.76 Å². The maximum absolute atomic E-state index is 10.4. The molecule has 106 valence electrons. The molecule has 1 unspecified atom stereocenters. The lowest BCUT2D eigenvalue weighted by Crippen LogP contribution is -2.06. The summed E-state index contributed by atoms with van der Waals surface area (Å²) in [5, 5.41) is 10.4. The highest BCUT2D eigenvalue weighted by atomic mass is 16.3. The van der Waals surface area contributed by atoms with Crippen LogP contribution < -0.4 is 0 Å². The molecule has 0 aromatic heterocycles. The molecule has 0 aromatic carbocycles.